The number of nitrogen functional groups attached to an aromatic ring is 1. The maximum absolute atomic E-state index is 13.7. The Labute approximate surface area is 131 Å². The highest BCUT2D eigenvalue weighted by atomic mass is 127. The maximum atomic E-state index is 13.7. The zero-order valence-electron chi connectivity index (χ0n) is 10.9. The topological polar surface area (TPSA) is 35.2 Å². The van der Waals surface area contributed by atoms with Crippen molar-refractivity contribution >= 4 is 28.3 Å². The van der Waals surface area contributed by atoms with Crippen LogP contribution in [0.4, 0.5) is 10.1 Å². The largest absolute Gasteiger partial charge is 0.483 e. The second-order valence-electron chi connectivity index (χ2n) is 5.00. The first-order valence-corrected chi connectivity index (χ1v) is 7.72. The van der Waals surface area contributed by atoms with Crippen LogP contribution in [0.5, 0.6) is 5.75 Å². The molecule has 1 aliphatic carbocycles. The monoisotopic (exact) mass is 383 g/mol. The molecule has 0 aliphatic heterocycles. The minimum atomic E-state index is -0.293. The fourth-order valence-electron chi connectivity index (χ4n) is 2.63. The smallest absolute Gasteiger partial charge is 0.146 e. The van der Waals surface area contributed by atoms with E-state index in [0.29, 0.717) is 15.0 Å². The Bertz CT molecular complexity index is 644. The number of aryl methyl sites for hydroxylation is 1. The highest BCUT2D eigenvalue weighted by Crippen LogP contribution is 2.36. The zero-order valence-corrected chi connectivity index (χ0v) is 13.1. The van der Waals surface area contributed by atoms with Crippen LogP contribution < -0.4 is 10.5 Å². The van der Waals surface area contributed by atoms with Crippen molar-refractivity contribution in [2.75, 3.05) is 5.73 Å². The van der Waals surface area contributed by atoms with E-state index < -0.39 is 0 Å². The first-order chi connectivity index (χ1) is 9.65. The molecule has 1 unspecified atom stereocenters. The molecular formula is C16H15FINO. The van der Waals surface area contributed by atoms with Crippen LogP contribution in [0, 0.1) is 9.39 Å². The summed E-state index contributed by atoms with van der Waals surface area (Å²) in [5.74, 6) is 0.142. The molecular weight excluding hydrogens is 368 g/mol. The number of hydrogen-bond donors (Lipinski definition) is 1. The molecule has 1 aliphatic rings. The average molecular weight is 383 g/mol. The molecule has 1 atom stereocenters. The fourth-order valence-corrected chi connectivity index (χ4v) is 3.12. The Hall–Kier alpha value is -1.30. The number of benzene rings is 2. The Morgan fingerprint density at radius 1 is 1.25 bits per heavy atom. The Kier molecular flexibility index (Phi) is 3.83. The summed E-state index contributed by atoms with van der Waals surface area (Å²) >= 11 is 1.93. The maximum Gasteiger partial charge on any atom is 0.146 e. The molecule has 104 valence electrons. The van der Waals surface area contributed by atoms with Crippen LogP contribution in [0.25, 0.3) is 0 Å². The number of nitrogens with two attached hydrogens (primary N) is 1. The van der Waals surface area contributed by atoms with Gasteiger partial charge in [-0.2, -0.15) is 0 Å². The van der Waals surface area contributed by atoms with Gasteiger partial charge in [0.15, 0.2) is 0 Å². The number of fused-ring (bicyclic) bond motifs is 1. The van der Waals surface area contributed by atoms with Crippen LogP contribution in [0.3, 0.4) is 0 Å². The molecule has 0 bridgehead atoms. The van der Waals surface area contributed by atoms with Gasteiger partial charge in [0.25, 0.3) is 0 Å². The average Bonchev–Trinajstić information content (AvgIpc) is 2.45. The molecule has 2 nitrogen and oxygen atoms in total. The van der Waals surface area contributed by atoms with E-state index in [0.717, 1.165) is 19.3 Å². The van der Waals surface area contributed by atoms with Crippen molar-refractivity contribution in [2.45, 2.75) is 25.4 Å². The van der Waals surface area contributed by atoms with Crippen LogP contribution in [0.1, 0.15) is 30.1 Å². The van der Waals surface area contributed by atoms with E-state index in [2.05, 4.69) is 12.1 Å². The number of ether oxygens (including phenoxy) is 1. The highest BCUT2D eigenvalue weighted by Gasteiger charge is 2.22. The third-order valence-electron chi connectivity index (χ3n) is 3.64. The van der Waals surface area contributed by atoms with E-state index in [4.69, 9.17) is 10.5 Å². The van der Waals surface area contributed by atoms with Gasteiger partial charge in [-0.15, -0.1) is 0 Å². The first-order valence-electron chi connectivity index (χ1n) is 6.64. The summed E-state index contributed by atoms with van der Waals surface area (Å²) in [5.41, 5.74) is 8.92. The summed E-state index contributed by atoms with van der Waals surface area (Å²) in [6, 6.07) is 11.3. The van der Waals surface area contributed by atoms with Crippen molar-refractivity contribution in [3.63, 3.8) is 0 Å². The predicted molar refractivity (Wildman–Crippen MR) is 86.3 cm³/mol. The lowest BCUT2D eigenvalue weighted by Crippen LogP contribution is -2.15. The van der Waals surface area contributed by atoms with Gasteiger partial charge in [-0.3, -0.25) is 0 Å². The Morgan fingerprint density at radius 2 is 2.05 bits per heavy atom. The predicted octanol–water partition coefficient (Wildman–Crippen LogP) is 4.47. The standard InChI is InChI=1S/C16H15FINO/c17-12-8-16(14(19)9-13(12)18)20-15-7-3-5-10-4-1-2-6-11(10)15/h1-2,4,6,8-9,15H,3,5,7,19H2. The first kappa shape index (κ1) is 13.7. The van der Waals surface area contributed by atoms with E-state index in [1.165, 1.54) is 17.2 Å². The van der Waals surface area contributed by atoms with Gasteiger partial charge >= 0.3 is 0 Å². The molecule has 3 rings (SSSR count). The molecule has 0 heterocycles. The normalized spacial score (nSPS) is 17.6. The summed E-state index contributed by atoms with van der Waals surface area (Å²) < 4.78 is 20.2. The third-order valence-corrected chi connectivity index (χ3v) is 4.46. The van der Waals surface area contributed by atoms with Gasteiger partial charge in [0.1, 0.15) is 17.7 Å². The van der Waals surface area contributed by atoms with Gasteiger partial charge in [-0.1, -0.05) is 24.3 Å². The summed E-state index contributed by atoms with van der Waals surface area (Å²) in [4.78, 5) is 0. The molecule has 2 aromatic rings. The SMILES string of the molecule is Nc1cc(I)c(F)cc1OC1CCCc2ccccc21. The Morgan fingerprint density at radius 3 is 2.90 bits per heavy atom. The quantitative estimate of drug-likeness (QED) is 0.614. The summed E-state index contributed by atoms with van der Waals surface area (Å²) in [5, 5.41) is 0. The second-order valence-corrected chi connectivity index (χ2v) is 6.16. The molecule has 4 heteroatoms. The molecule has 0 amide bonds. The summed E-state index contributed by atoms with van der Waals surface area (Å²) in [6.45, 7) is 0. The molecule has 0 saturated carbocycles. The molecule has 0 aromatic heterocycles. The van der Waals surface area contributed by atoms with Gasteiger partial charge < -0.3 is 10.5 Å². The van der Waals surface area contributed by atoms with Crippen LogP contribution >= 0.6 is 22.6 Å². The van der Waals surface area contributed by atoms with Crippen LogP contribution in [0.2, 0.25) is 0 Å². The fraction of sp³-hybridized carbons (Fsp3) is 0.250. The van der Waals surface area contributed by atoms with E-state index in [9.17, 15) is 4.39 Å². The molecule has 20 heavy (non-hydrogen) atoms. The van der Waals surface area contributed by atoms with Crippen molar-refractivity contribution in [1.29, 1.82) is 0 Å². The highest BCUT2D eigenvalue weighted by molar-refractivity contribution is 14.1. The van der Waals surface area contributed by atoms with E-state index in [1.54, 1.807) is 6.07 Å². The van der Waals surface area contributed by atoms with Crippen LogP contribution in [0.15, 0.2) is 36.4 Å². The van der Waals surface area contributed by atoms with Crippen molar-refractivity contribution in [3.8, 4) is 5.75 Å². The lowest BCUT2D eigenvalue weighted by molar-refractivity contribution is 0.184. The van der Waals surface area contributed by atoms with Crippen LogP contribution in [-0.2, 0) is 6.42 Å². The molecule has 2 N–H and O–H groups in total. The molecule has 0 radical (unpaired) electrons. The molecule has 0 fully saturated rings. The number of anilines is 1. The van der Waals surface area contributed by atoms with Crippen LogP contribution in [-0.4, -0.2) is 0 Å². The third kappa shape index (κ3) is 2.61. The molecule has 0 saturated heterocycles. The zero-order chi connectivity index (χ0) is 14.1. The van der Waals surface area contributed by atoms with E-state index in [-0.39, 0.29) is 11.9 Å². The van der Waals surface area contributed by atoms with Crippen molar-refractivity contribution in [2.24, 2.45) is 0 Å². The van der Waals surface area contributed by atoms with Crippen molar-refractivity contribution < 1.29 is 9.13 Å². The van der Waals surface area contributed by atoms with Crippen molar-refractivity contribution in [3.05, 3.63) is 56.9 Å². The van der Waals surface area contributed by atoms with Gasteiger partial charge in [0.05, 0.1) is 9.26 Å². The lowest BCUT2D eigenvalue weighted by atomic mass is 9.89. The minimum absolute atomic E-state index is 0.0401. The van der Waals surface area contributed by atoms with E-state index in [1.807, 2.05) is 34.7 Å². The van der Waals surface area contributed by atoms with E-state index >= 15 is 0 Å². The lowest BCUT2D eigenvalue weighted by Gasteiger charge is -2.26. The van der Waals surface area contributed by atoms with Gasteiger partial charge in [0.2, 0.25) is 0 Å². The summed E-state index contributed by atoms with van der Waals surface area (Å²) in [6.07, 6.45) is 3.05. The molecule has 0 spiro atoms. The molecule has 2 aromatic carbocycles. The minimum Gasteiger partial charge on any atom is -0.483 e. The number of hydrogen-bond acceptors (Lipinski definition) is 2. The second kappa shape index (κ2) is 5.60. The summed E-state index contributed by atoms with van der Waals surface area (Å²) in [7, 11) is 0. The van der Waals surface area contributed by atoms with Gasteiger partial charge in [0, 0.05) is 6.07 Å². The Balaban J connectivity index is 1.91. The van der Waals surface area contributed by atoms with Gasteiger partial charge in [-0.05, 0) is 59.0 Å². The van der Waals surface area contributed by atoms with Crippen molar-refractivity contribution in [1.82, 2.24) is 0 Å². The van der Waals surface area contributed by atoms with Gasteiger partial charge in [-0.25, -0.2) is 4.39 Å². The number of halogens is 2. The number of rotatable bonds is 2.